The van der Waals surface area contributed by atoms with Gasteiger partial charge in [-0.25, -0.2) is 9.67 Å². The number of nitrogens with one attached hydrogen (secondary N) is 1. The fourth-order valence-electron chi connectivity index (χ4n) is 2.22. The third kappa shape index (κ3) is 3.04. The summed E-state index contributed by atoms with van der Waals surface area (Å²) < 4.78 is 1.76. The van der Waals surface area contributed by atoms with Crippen LogP contribution in [-0.4, -0.2) is 32.3 Å². The molecule has 0 radical (unpaired) electrons. The summed E-state index contributed by atoms with van der Waals surface area (Å²) in [5, 5.41) is 8.51. The molecule has 0 spiro atoms. The second-order valence-electron chi connectivity index (χ2n) is 4.53. The average molecular weight is 295 g/mol. The van der Waals surface area contributed by atoms with E-state index < -0.39 is 0 Å². The van der Waals surface area contributed by atoms with E-state index in [1.807, 2.05) is 30.0 Å². The lowest BCUT2D eigenvalue weighted by atomic mass is 10.1. The van der Waals surface area contributed by atoms with Gasteiger partial charge in [0.05, 0.1) is 11.4 Å². The molecule has 2 heterocycles. The number of aromatic nitrogens is 3. The number of hydrogen-bond acceptors (Lipinski definition) is 4. The Hall–Kier alpha value is -1.20. The Balaban J connectivity index is 1.88. The molecule has 0 unspecified atom stereocenters. The van der Waals surface area contributed by atoms with Crippen molar-refractivity contribution in [2.24, 2.45) is 0 Å². The number of thioether (sulfide) groups is 1. The number of halogens is 1. The molecule has 1 saturated heterocycles. The Kier molecular flexibility index (Phi) is 3.94. The number of nitrogens with zero attached hydrogens (tertiary/aromatic N) is 3. The minimum Gasteiger partial charge on any atom is -0.380 e. The van der Waals surface area contributed by atoms with Crippen molar-refractivity contribution in [2.45, 2.75) is 18.9 Å². The number of benzene rings is 1. The normalized spacial score (nSPS) is 16.5. The highest BCUT2D eigenvalue weighted by molar-refractivity contribution is 7.99. The molecular formula is C13H15ClN4S. The van der Waals surface area contributed by atoms with Gasteiger partial charge in [0.25, 0.3) is 0 Å². The first-order chi connectivity index (χ1) is 9.33. The van der Waals surface area contributed by atoms with Crippen molar-refractivity contribution in [1.29, 1.82) is 0 Å². The zero-order valence-corrected chi connectivity index (χ0v) is 12.0. The van der Waals surface area contributed by atoms with Crippen LogP contribution in [0.15, 0.2) is 30.9 Å². The highest BCUT2D eigenvalue weighted by Gasteiger charge is 2.15. The van der Waals surface area contributed by atoms with Gasteiger partial charge < -0.3 is 5.32 Å². The first-order valence-electron chi connectivity index (χ1n) is 6.32. The van der Waals surface area contributed by atoms with E-state index in [-0.39, 0.29) is 0 Å². The Labute approximate surface area is 121 Å². The topological polar surface area (TPSA) is 42.7 Å². The number of rotatable bonds is 3. The highest BCUT2D eigenvalue weighted by atomic mass is 35.5. The van der Waals surface area contributed by atoms with Crippen LogP contribution in [0.5, 0.6) is 0 Å². The predicted octanol–water partition coefficient (Wildman–Crippen LogP) is 3.23. The van der Waals surface area contributed by atoms with Crippen molar-refractivity contribution >= 4 is 29.1 Å². The van der Waals surface area contributed by atoms with Gasteiger partial charge in [-0.2, -0.15) is 16.9 Å². The van der Waals surface area contributed by atoms with E-state index in [0.717, 1.165) is 16.4 Å². The maximum atomic E-state index is 6.11. The van der Waals surface area contributed by atoms with Crippen molar-refractivity contribution in [3.05, 3.63) is 35.9 Å². The molecule has 2 aromatic rings. The minimum atomic E-state index is 0.516. The minimum absolute atomic E-state index is 0.516. The maximum Gasteiger partial charge on any atom is 0.138 e. The molecule has 1 fully saturated rings. The van der Waals surface area contributed by atoms with E-state index in [1.54, 1.807) is 11.0 Å². The molecule has 3 rings (SSSR count). The molecule has 1 N–H and O–H groups in total. The van der Waals surface area contributed by atoms with E-state index in [1.165, 1.54) is 30.7 Å². The van der Waals surface area contributed by atoms with Gasteiger partial charge in [0.2, 0.25) is 0 Å². The molecule has 100 valence electrons. The average Bonchev–Trinajstić information content (AvgIpc) is 2.94. The Bertz CT molecular complexity index is 538. The lowest BCUT2D eigenvalue weighted by Gasteiger charge is -2.25. The molecule has 1 aromatic heterocycles. The monoisotopic (exact) mass is 294 g/mol. The van der Waals surface area contributed by atoms with E-state index in [4.69, 9.17) is 11.6 Å². The molecule has 19 heavy (non-hydrogen) atoms. The predicted molar refractivity (Wildman–Crippen MR) is 80.3 cm³/mol. The van der Waals surface area contributed by atoms with Gasteiger partial charge in [0.1, 0.15) is 12.7 Å². The van der Waals surface area contributed by atoms with E-state index in [0.29, 0.717) is 6.04 Å². The summed E-state index contributed by atoms with van der Waals surface area (Å²) in [6.45, 7) is 0. The van der Waals surface area contributed by atoms with Crippen LogP contribution in [0.4, 0.5) is 5.69 Å². The molecule has 4 nitrogen and oxygen atoms in total. The van der Waals surface area contributed by atoms with Crippen LogP contribution in [0.2, 0.25) is 5.02 Å². The molecular weight excluding hydrogens is 280 g/mol. The number of hydrogen-bond donors (Lipinski definition) is 1. The van der Waals surface area contributed by atoms with Gasteiger partial charge >= 0.3 is 0 Å². The fourth-order valence-corrected chi connectivity index (χ4v) is 3.50. The van der Waals surface area contributed by atoms with Gasteiger partial charge in [-0.3, -0.25) is 0 Å². The van der Waals surface area contributed by atoms with Gasteiger partial charge in [-0.15, -0.1) is 0 Å². The van der Waals surface area contributed by atoms with Crippen molar-refractivity contribution in [3.63, 3.8) is 0 Å². The van der Waals surface area contributed by atoms with Gasteiger partial charge in [0, 0.05) is 11.1 Å². The third-order valence-corrected chi connectivity index (χ3v) is 4.49. The van der Waals surface area contributed by atoms with Gasteiger partial charge in [0.15, 0.2) is 0 Å². The molecule has 1 aromatic carbocycles. The van der Waals surface area contributed by atoms with Crippen LogP contribution in [0, 0.1) is 0 Å². The van der Waals surface area contributed by atoms with Crippen LogP contribution in [-0.2, 0) is 0 Å². The summed E-state index contributed by atoms with van der Waals surface area (Å²) in [4.78, 5) is 4.00. The zero-order chi connectivity index (χ0) is 13.1. The van der Waals surface area contributed by atoms with Crippen LogP contribution in [0.3, 0.4) is 0 Å². The Morgan fingerprint density at radius 2 is 2.16 bits per heavy atom. The van der Waals surface area contributed by atoms with Gasteiger partial charge in [-0.05, 0) is 42.5 Å². The van der Waals surface area contributed by atoms with Crippen LogP contribution < -0.4 is 5.32 Å². The van der Waals surface area contributed by atoms with Crippen molar-refractivity contribution in [1.82, 2.24) is 14.8 Å². The Morgan fingerprint density at radius 3 is 2.89 bits per heavy atom. The van der Waals surface area contributed by atoms with E-state index >= 15 is 0 Å². The summed E-state index contributed by atoms with van der Waals surface area (Å²) in [5.74, 6) is 2.44. The quantitative estimate of drug-likeness (QED) is 0.944. The van der Waals surface area contributed by atoms with E-state index in [2.05, 4.69) is 15.4 Å². The van der Waals surface area contributed by atoms with E-state index in [9.17, 15) is 0 Å². The van der Waals surface area contributed by atoms with Crippen molar-refractivity contribution in [3.8, 4) is 5.69 Å². The van der Waals surface area contributed by atoms with Crippen molar-refractivity contribution < 1.29 is 0 Å². The summed E-state index contributed by atoms with van der Waals surface area (Å²) in [6, 6.07) is 6.32. The SMILES string of the molecule is Clc1ccc(-n2cncn2)c(NC2CCSCC2)c1. The first-order valence-corrected chi connectivity index (χ1v) is 7.85. The summed E-state index contributed by atoms with van der Waals surface area (Å²) in [7, 11) is 0. The molecule has 1 aliphatic heterocycles. The second kappa shape index (κ2) is 5.84. The molecule has 0 atom stereocenters. The first kappa shape index (κ1) is 12.8. The molecule has 6 heteroatoms. The van der Waals surface area contributed by atoms with Crippen molar-refractivity contribution in [2.75, 3.05) is 16.8 Å². The smallest absolute Gasteiger partial charge is 0.138 e. The maximum absolute atomic E-state index is 6.11. The summed E-state index contributed by atoms with van der Waals surface area (Å²) in [6.07, 6.45) is 5.61. The third-order valence-electron chi connectivity index (χ3n) is 3.21. The van der Waals surface area contributed by atoms with Crippen LogP contribution >= 0.6 is 23.4 Å². The molecule has 0 bridgehead atoms. The van der Waals surface area contributed by atoms with Crippen LogP contribution in [0.1, 0.15) is 12.8 Å². The highest BCUT2D eigenvalue weighted by Crippen LogP contribution is 2.27. The lowest BCUT2D eigenvalue weighted by molar-refractivity contribution is 0.665. The fraction of sp³-hybridized carbons (Fsp3) is 0.385. The largest absolute Gasteiger partial charge is 0.380 e. The standard InChI is InChI=1S/C13H15ClN4S/c14-10-1-2-13(18-9-15-8-16-18)12(7-10)17-11-3-5-19-6-4-11/h1-2,7-9,11,17H,3-6H2. The summed E-state index contributed by atoms with van der Waals surface area (Å²) >= 11 is 8.13. The van der Waals surface area contributed by atoms with Crippen LogP contribution in [0.25, 0.3) is 5.69 Å². The van der Waals surface area contributed by atoms with Gasteiger partial charge in [-0.1, -0.05) is 11.6 Å². The Morgan fingerprint density at radius 1 is 1.32 bits per heavy atom. The summed E-state index contributed by atoms with van der Waals surface area (Å²) in [5.41, 5.74) is 2.01. The number of anilines is 1. The zero-order valence-electron chi connectivity index (χ0n) is 10.4. The molecule has 1 aliphatic rings. The lowest BCUT2D eigenvalue weighted by Crippen LogP contribution is -2.25. The molecule has 0 amide bonds. The molecule has 0 aliphatic carbocycles. The molecule has 0 saturated carbocycles. The second-order valence-corrected chi connectivity index (χ2v) is 6.19.